The summed E-state index contributed by atoms with van der Waals surface area (Å²) >= 11 is 7.37. The normalized spacial score (nSPS) is 17.1. The van der Waals surface area contributed by atoms with Crippen LogP contribution in [-0.4, -0.2) is 37.0 Å². The number of benzene rings is 2. The summed E-state index contributed by atoms with van der Waals surface area (Å²) in [5, 5.41) is 7.46. The van der Waals surface area contributed by atoms with Gasteiger partial charge in [-0.15, -0.1) is 0 Å². The summed E-state index contributed by atoms with van der Waals surface area (Å²) in [6.07, 6.45) is 3.88. The number of para-hydroxylation sites is 2. The molecule has 7 nitrogen and oxygen atoms in total. The predicted molar refractivity (Wildman–Crippen MR) is 151 cm³/mol. The maximum Gasteiger partial charge on any atom is 0.226 e. The maximum atomic E-state index is 14.1. The molecule has 190 valence electrons. The Hall–Kier alpha value is -4.15. The van der Waals surface area contributed by atoms with Crippen molar-refractivity contribution in [2.45, 2.75) is 18.5 Å². The van der Waals surface area contributed by atoms with Gasteiger partial charge in [0.15, 0.2) is 10.2 Å². The molecule has 0 radical (unpaired) electrons. The van der Waals surface area contributed by atoms with Crippen LogP contribution >= 0.6 is 23.6 Å². The highest BCUT2D eigenvalue weighted by molar-refractivity contribution is 7.80. The molecule has 0 spiro atoms. The molecule has 0 bridgehead atoms. The van der Waals surface area contributed by atoms with Crippen molar-refractivity contribution >= 4 is 50.5 Å². The lowest BCUT2D eigenvalue weighted by atomic mass is 10.0. The first-order chi connectivity index (χ1) is 18.6. The van der Waals surface area contributed by atoms with Crippen LogP contribution in [0.1, 0.15) is 29.9 Å². The lowest BCUT2D eigenvalue weighted by molar-refractivity contribution is -0.116. The highest BCUT2D eigenvalue weighted by Gasteiger charge is 2.41. The molecule has 1 fully saturated rings. The lowest BCUT2D eigenvalue weighted by Gasteiger charge is -2.28. The van der Waals surface area contributed by atoms with Gasteiger partial charge in [0.2, 0.25) is 5.91 Å². The van der Waals surface area contributed by atoms with Crippen molar-refractivity contribution in [1.29, 1.82) is 0 Å². The zero-order valence-electron chi connectivity index (χ0n) is 20.1. The summed E-state index contributed by atoms with van der Waals surface area (Å²) < 4.78 is 17.2. The van der Waals surface area contributed by atoms with Gasteiger partial charge in [0.25, 0.3) is 0 Å². The third-order valence-corrected chi connectivity index (χ3v) is 7.89. The van der Waals surface area contributed by atoms with E-state index >= 15 is 0 Å². The number of nitrogens with zero attached hydrogens (tertiary/aromatic N) is 4. The molecule has 2 aromatic carbocycles. The molecule has 1 aliphatic heterocycles. The van der Waals surface area contributed by atoms with Gasteiger partial charge >= 0.3 is 0 Å². The van der Waals surface area contributed by atoms with Gasteiger partial charge in [-0.1, -0.05) is 41.7 Å². The predicted octanol–water partition coefficient (Wildman–Crippen LogP) is 5.62. The quantitative estimate of drug-likeness (QED) is 0.260. The Balaban J connectivity index is 1.32. The van der Waals surface area contributed by atoms with Crippen molar-refractivity contribution in [1.82, 2.24) is 24.8 Å². The third-order valence-electron chi connectivity index (χ3n) is 6.50. The standard InChI is InChI=1S/C28H23FN6OS2/c29-18-8-1-2-9-19(18)31-24(36)14-17-35-26(25(33-27(35)37)21-11-5-6-15-30-21)22-12-7-16-34(22)28-32-20-10-3-4-13-23(20)38-28/h1-13,15-16,25-26H,14,17H2,(H,31,36)(H,33,37)/t25-,26+/m0/s1. The second kappa shape index (κ2) is 10.3. The van der Waals surface area contributed by atoms with E-state index in [1.54, 1.807) is 35.7 Å². The Bertz CT molecular complexity index is 1580. The Morgan fingerprint density at radius 1 is 1.05 bits per heavy atom. The number of thiazole rings is 1. The van der Waals surface area contributed by atoms with Crippen LogP contribution in [0, 0.1) is 5.82 Å². The monoisotopic (exact) mass is 542 g/mol. The fourth-order valence-corrected chi connectivity index (χ4v) is 6.04. The van der Waals surface area contributed by atoms with E-state index in [4.69, 9.17) is 17.2 Å². The zero-order chi connectivity index (χ0) is 26.1. The number of halogens is 1. The SMILES string of the molecule is O=C(CCN1C(=S)N[C@@H](c2ccccn2)[C@H]1c1cccn1-c1nc2ccccc2s1)Nc1ccccc1F. The van der Waals surface area contributed by atoms with Gasteiger partial charge in [-0.25, -0.2) is 9.37 Å². The van der Waals surface area contributed by atoms with Crippen LogP contribution in [-0.2, 0) is 4.79 Å². The van der Waals surface area contributed by atoms with Crippen molar-refractivity contribution in [3.63, 3.8) is 0 Å². The van der Waals surface area contributed by atoms with Gasteiger partial charge in [0, 0.05) is 25.4 Å². The van der Waals surface area contributed by atoms with Gasteiger partial charge in [-0.3, -0.25) is 14.3 Å². The highest BCUT2D eigenvalue weighted by Crippen LogP contribution is 2.40. The molecule has 1 amide bonds. The molecule has 4 heterocycles. The molecular formula is C28H23FN6OS2. The maximum absolute atomic E-state index is 14.1. The molecule has 2 atom stereocenters. The fraction of sp³-hybridized carbons (Fsp3) is 0.143. The molecule has 6 rings (SSSR count). The number of carbonyl (C=O) groups is 1. The number of nitrogens with one attached hydrogen (secondary N) is 2. The number of hydrogen-bond acceptors (Lipinski definition) is 5. The van der Waals surface area contributed by atoms with E-state index in [0.717, 1.165) is 26.7 Å². The molecule has 1 aliphatic rings. The number of fused-ring (bicyclic) bond motifs is 1. The van der Waals surface area contributed by atoms with Crippen LogP contribution in [0.15, 0.2) is 91.3 Å². The minimum atomic E-state index is -0.471. The summed E-state index contributed by atoms with van der Waals surface area (Å²) in [4.78, 5) is 24.2. The fourth-order valence-electron chi connectivity index (χ4n) is 4.74. The van der Waals surface area contributed by atoms with E-state index in [1.807, 2.05) is 53.6 Å². The Morgan fingerprint density at radius 2 is 1.87 bits per heavy atom. The van der Waals surface area contributed by atoms with Crippen molar-refractivity contribution < 1.29 is 9.18 Å². The number of carbonyl (C=O) groups excluding carboxylic acids is 1. The molecule has 2 N–H and O–H groups in total. The summed E-state index contributed by atoms with van der Waals surface area (Å²) in [5.74, 6) is -0.763. The number of pyridine rings is 1. The number of hydrogen-bond donors (Lipinski definition) is 2. The first-order valence-corrected chi connectivity index (χ1v) is 13.4. The van der Waals surface area contributed by atoms with E-state index in [9.17, 15) is 9.18 Å². The molecule has 0 aliphatic carbocycles. The van der Waals surface area contributed by atoms with Gasteiger partial charge in [0.05, 0.1) is 39.4 Å². The molecular weight excluding hydrogens is 519 g/mol. The zero-order valence-corrected chi connectivity index (χ0v) is 21.8. The average molecular weight is 543 g/mol. The molecule has 0 saturated carbocycles. The third kappa shape index (κ3) is 4.64. The molecule has 10 heteroatoms. The average Bonchev–Trinajstić information content (AvgIpc) is 3.65. The largest absolute Gasteiger partial charge is 0.352 e. The van der Waals surface area contributed by atoms with Crippen molar-refractivity contribution in [3.05, 3.63) is 108 Å². The van der Waals surface area contributed by atoms with E-state index in [-0.39, 0.29) is 30.1 Å². The Labute approximate surface area is 228 Å². The van der Waals surface area contributed by atoms with Crippen LogP contribution in [0.4, 0.5) is 10.1 Å². The summed E-state index contributed by atoms with van der Waals surface area (Å²) in [7, 11) is 0. The van der Waals surface area contributed by atoms with Crippen LogP contribution in [0.3, 0.4) is 0 Å². The van der Waals surface area contributed by atoms with Gasteiger partial charge in [-0.2, -0.15) is 0 Å². The second-order valence-corrected chi connectivity index (χ2v) is 10.3. The first-order valence-electron chi connectivity index (χ1n) is 12.1. The van der Waals surface area contributed by atoms with Crippen LogP contribution < -0.4 is 10.6 Å². The first kappa shape index (κ1) is 24.2. The molecule has 1 saturated heterocycles. The van der Waals surface area contributed by atoms with Crippen LogP contribution in [0.25, 0.3) is 15.3 Å². The van der Waals surface area contributed by atoms with E-state index in [0.29, 0.717) is 11.7 Å². The number of rotatable bonds is 7. The molecule has 3 aromatic heterocycles. The summed E-state index contributed by atoms with van der Waals surface area (Å²) in [6, 6.07) is 23.5. The summed E-state index contributed by atoms with van der Waals surface area (Å²) in [5.41, 5.74) is 2.92. The van der Waals surface area contributed by atoms with Gasteiger partial charge in [-0.05, 0) is 60.7 Å². The van der Waals surface area contributed by atoms with Crippen molar-refractivity contribution in [2.24, 2.45) is 0 Å². The number of aromatic nitrogens is 3. The van der Waals surface area contributed by atoms with Crippen LogP contribution in [0.2, 0.25) is 0 Å². The van der Waals surface area contributed by atoms with Crippen LogP contribution in [0.5, 0.6) is 0 Å². The number of amides is 1. The molecule has 5 aromatic rings. The minimum absolute atomic E-state index is 0.128. The van der Waals surface area contributed by atoms with Crippen molar-refractivity contribution in [3.8, 4) is 5.13 Å². The Kier molecular flexibility index (Phi) is 6.57. The topological polar surface area (TPSA) is 75.1 Å². The van der Waals surface area contributed by atoms with E-state index in [2.05, 4.69) is 32.3 Å². The smallest absolute Gasteiger partial charge is 0.226 e. The lowest BCUT2D eigenvalue weighted by Crippen LogP contribution is -2.33. The van der Waals surface area contributed by atoms with E-state index < -0.39 is 5.82 Å². The minimum Gasteiger partial charge on any atom is -0.352 e. The van der Waals surface area contributed by atoms with E-state index in [1.165, 1.54) is 6.07 Å². The van der Waals surface area contributed by atoms with Gasteiger partial charge < -0.3 is 15.5 Å². The highest BCUT2D eigenvalue weighted by atomic mass is 32.1. The Morgan fingerprint density at radius 3 is 2.68 bits per heavy atom. The second-order valence-electron chi connectivity index (χ2n) is 8.87. The number of thiocarbonyl (C=S) groups is 1. The van der Waals surface area contributed by atoms with Gasteiger partial charge in [0.1, 0.15) is 5.82 Å². The molecule has 0 unspecified atom stereocenters. The number of anilines is 1. The summed E-state index contributed by atoms with van der Waals surface area (Å²) in [6.45, 7) is 0.338. The molecule has 38 heavy (non-hydrogen) atoms. The van der Waals surface area contributed by atoms with Crippen molar-refractivity contribution in [2.75, 3.05) is 11.9 Å².